The van der Waals surface area contributed by atoms with Crippen LogP contribution in [0.15, 0.2) is 0 Å². The van der Waals surface area contributed by atoms with Crippen molar-refractivity contribution in [3.8, 4) is 0 Å². The van der Waals surface area contributed by atoms with Crippen LogP contribution in [0.3, 0.4) is 0 Å². The fourth-order valence-electron chi connectivity index (χ4n) is 2.18. The number of rotatable bonds is 6. The van der Waals surface area contributed by atoms with Crippen molar-refractivity contribution in [1.29, 1.82) is 0 Å². The maximum atomic E-state index is 11.7. The van der Waals surface area contributed by atoms with Gasteiger partial charge in [-0.25, -0.2) is 12.7 Å². The molecule has 0 aliphatic carbocycles. The first kappa shape index (κ1) is 14.2. The summed E-state index contributed by atoms with van der Waals surface area (Å²) in [5.41, 5.74) is 0. The lowest BCUT2D eigenvalue weighted by Gasteiger charge is -2.27. The van der Waals surface area contributed by atoms with Crippen LogP contribution >= 0.6 is 11.6 Å². The molecule has 1 saturated heterocycles. The largest absolute Gasteiger partial charge is 0.299 e. The first-order chi connectivity index (χ1) is 7.51. The molecule has 6 heteroatoms. The van der Waals surface area contributed by atoms with Gasteiger partial charge in [0.2, 0.25) is 10.0 Å². The highest BCUT2D eigenvalue weighted by Crippen LogP contribution is 2.18. The number of hydrogen-bond acceptors (Lipinski definition) is 3. The highest BCUT2D eigenvalue weighted by molar-refractivity contribution is 7.89. The SMILES string of the molecule is CCN1CCCC1CN(C)S(=O)(=O)CCCl. The molecule has 0 N–H and O–H groups in total. The molecule has 16 heavy (non-hydrogen) atoms. The molecular formula is C10H21ClN2O2S. The Hall–Kier alpha value is 0.160. The van der Waals surface area contributed by atoms with Gasteiger partial charge in [-0.15, -0.1) is 11.6 Å². The molecule has 1 fully saturated rings. The van der Waals surface area contributed by atoms with Gasteiger partial charge in [0.15, 0.2) is 0 Å². The molecule has 0 aromatic carbocycles. The molecular weight excluding hydrogens is 248 g/mol. The molecule has 1 aliphatic heterocycles. The molecule has 0 aromatic rings. The second kappa shape index (κ2) is 6.19. The van der Waals surface area contributed by atoms with E-state index < -0.39 is 10.0 Å². The summed E-state index contributed by atoms with van der Waals surface area (Å²) in [5.74, 6) is 0.193. The van der Waals surface area contributed by atoms with Crippen molar-refractivity contribution in [2.45, 2.75) is 25.8 Å². The van der Waals surface area contributed by atoms with Crippen LogP contribution in [0.25, 0.3) is 0 Å². The lowest BCUT2D eigenvalue weighted by atomic mass is 10.2. The molecule has 1 heterocycles. The fourth-order valence-corrected chi connectivity index (χ4v) is 3.67. The third-order valence-corrected chi connectivity index (χ3v) is 5.42. The number of likely N-dealkylation sites (N-methyl/N-ethyl adjacent to an activating group) is 2. The summed E-state index contributed by atoms with van der Waals surface area (Å²) < 4.78 is 24.9. The average Bonchev–Trinajstić information content (AvgIpc) is 2.65. The molecule has 0 saturated carbocycles. The zero-order valence-electron chi connectivity index (χ0n) is 10.0. The Labute approximate surface area is 104 Å². The highest BCUT2D eigenvalue weighted by Gasteiger charge is 2.27. The molecule has 0 amide bonds. The third-order valence-electron chi connectivity index (χ3n) is 3.18. The number of nitrogens with zero attached hydrogens (tertiary/aromatic N) is 2. The molecule has 4 nitrogen and oxygen atoms in total. The lowest BCUT2D eigenvalue weighted by molar-refractivity contribution is 0.238. The van der Waals surface area contributed by atoms with Crippen LogP contribution in [-0.4, -0.2) is 62.0 Å². The van der Waals surface area contributed by atoms with Crippen LogP contribution in [0.4, 0.5) is 0 Å². The second-order valence-corrected chi connectivity index (χ2v) is 6.78. The second-order valence-electron chi connectivity index (χ2n) is 4.21. The molecule has 1 rings (SSSR count). The van der Waals surface area contributed by atoms with Gasteiger partial charge in [0.05, 0.1) is 5.75 Å². The predicted octanol–water partition coefficient (Wildman–Crippen LogP) is 0.971. The molecule has 1 aliphatic rings. The molecule has 0 bridgehead atoms. The van der Waals surface area contributed by atoms with Gasteiger partial charge in [-0.3, -0.25) is 4.90 Å². The Kier molecular flexibility index (Phi) is 5.50. The zero-order chi connectivity index (χ0) is 12.2. The molecule has 1 atom stereocenters. The summed E-state index contributed by atoms with van der Waals surface area (Å²) in [6.07, 6.45) is 2.26. The van der Waals surface area contributed by atoms with Crippen LogP contribution in [-0.2, 0) is 10.0 Å². The Bertz CT molecular complexity index is 308. The Balaban J connectivity index is 2.53. The van der Waals surface area contributed by atoms with Gasteiger partial charge in [0, 0.05) is 25.5 Å². The molecule has 0 spiro atoms. The topological polar surface area (TPSA) is 40.6 Å². The van der Waals surface area contributed by atoms with Crippen molar-refractivity contribution < 1.29 is 8.42 Å². The normalized spacial score (nSPS) is 23.1. The Morgan fingerprint density at radius 1 is 1.50 bits per heavy atom. The van der Waals surface area contributed by atoms with Crippen molar-refractivity contribution in [2.75, 3.05) is 38.3 Å². The minimum atomic E-state index is -3.15. The quantitative estimate of drug-likeness (QED) is 0.674. The van der Waals surface area contributed by atoms with E-state index in [4.69, 9.17) is 11.6 Å². The monoisotopic (exact) mass is 268 g/mol. The van der Waals surface area contributed by atoms with Gasteiger partial charge in [0.25, 0.3) is 0 Å². The molecule has 0 aromatic heterocycles. The summed E-state index contributed by atoms with van der Waals surface area (Å²) >= 11 is 5.49. The Morgan fingerprint density at radius 3 is 2.75 bits per heavy atom. The van der Waals surface area contributed by atoms with Crippen molar-refractivity contribution in [1.82, 2.24) is 9.21 Å². The first-order valence-corrected chi connectivity index (χ1v) is 7.89. The average molecular weight is 269 g/mol. The summed E-state index contributed by atoms with van der Waals surface area (Å²) in [5, 5.41) is 0. The Morgan fingerprint density at radius 2 is 2.19 bits per heavy atom. The van der Waals surface area contributed by atoms with Crippen molar-refractivity contribution in [3.05, 3.63) is 0 Å². The number of halogens is 1. The van der Waals surface area contributed by atoms with E-state index >= 15 is 0 Å². The highest BCUT2D eigenvalue weighted by atomic mass is 35.5. The minimum Gasteiger partial charge on any atom is -0.299 e. The van der Waals surface area contributed by atoms with Gasteiger partial charge in [-0.2, -0.15) is 0 Å². The van der Waals surface area contributed by atoms with Crippen LogP contribution in [0, 0.1) is 0 Å². The van der Waals surface area contributed by atoms with Crippen LogP contribution in [0.1, 0.15) is 19.8 Å². The number of likely N-dealkylation sites (tertiary alicyclic amines) is 1. The van der Waals surface area contributed by atoms with E-state index in [0.717, 1.165) is 19.5 Å². The van der Waals surface area contributed by atoms with E-state index in [1.807, 2.05) is 0 Å². The van der Waals surface area contributed by atoms with Crippen molar-refractivity contribution in [2.24, 2.45) is 0 Å². The summed E-state index contributed by atoms with van der Waals surface area (Å²) in [7, 11) is -1.51. The summed E-state index contributed by atoms with van der Waals surface area (Å²) in [6.45, 7) is 4.79. The van der Waals surface area contributed by atoms with Crippen molar-refractivity contribution in [3.63, 3.8) is 0 Å². The van der Waals surface area contributed by atoms with Gasteiger partial charge in [-0.05, 0) is 25.9 Å². The predicted molar refractivity (Wildman–Crippen MR) is 67.4 cm³/mol. The van der Waals surface area contributed by atoms with E-state index in [1.54, 1.807) is 7.05 Å². The van der Waals surface area contributed by atoms with E-state index in [9.17, 15) is 8.42 Å². The first-order valence-electron chi connectivity index (χ1n) is 5.75. The van der Waals surface area contributed by atoms with Gasteiger partial charge in [0.1, 0.15) is 0 Å². The van der Waals surface area contributed by atoms with Crippen molar-refractivity contribution >= 4 is 21.6 Å². The zero-order valence-corrected chi connectivity index (χ0v) is 11.6. The van der Waals surface area contributed by atoms with E-state index in [2.05, 4.69) is 11.8 Å². The maximum absolute atomic E-state index is 11.7. The number of alkyl halides is 1. The molecule has 1 unspecified atom stereocenters. The number of hydrogen-bond donors (Lipinski definition) is 0. The summed E-state index contributed by atoms with van der Waals surface area (Å²) in [4.78, 5) is 2.34. The third kappa shape index (κ3) is 3.58. The lowest BCUT2D eigenvalue weighted by Crippen LogP contribution is -2.41. The van der Waals surface area contributed by atoms with Crippen LogP contribution in [0.5, 0.6) is 0 Å². The van der Waals surface area contributed by atoms with Crippen LogP contribution < -0.4 is 0 Å². The van der Waals surface area contributed by atoms with E-state index in [0.29, 0.717) is 12.6 Å². The maximum Gasteiger partial charge on any atom is 0.215 e. The van der Waals surface area contributed by atoms with E-state index in [-0.39, 0.29) is 11.6 Å². The van der Waals surface area contributed by atoms with E-state index in [1.165, 1.54) is 10.7 Å². The van der Waals surface area contributed by atoms with Gasteiger partial charge >= 0.3 is 0 Å². The van der Waals surface area contributed by atoms with Gasteiger partial charge < -0.3 is 0 Å². The fraction of sp³-hybridized carbons (Fsp3) is 1.00. The standard InChI is InChI=1S/C10H21ClN2O2S/c1-3-13-7-4-5-10(13)9-12(2)16(14,15)8-6-11/h10H,3-9H2,1-2H3. The number of sulfonamides is 1. The molecule has 0 radical (unpaired) electrons. The molecule has 96 valence electrons. The minimum absolute atomic E-state index is 0.0316. The summed E-state index contributed by atoms with van der Waals surface area (Å²) in [6, 6.07) is 0.375. The smallest absolute Gasteiger partial charge is 0.215 e. The van der Waals surface area contributed by atoms with Crippen LogP contribution in [0.2, 0.25) is 0 Å². The van der Waals surface area contributed by atoms with Gasteiger partial charge in [-0.1, -0.05) is 6.92 Å².